The molecule has 3 rings (SSSR count). The van der Waals surface area contributed by atoms with E-state index in [0.717, 1.165) is 0 Å². The Kier molecular flexibility index (Phi) is 4.39. The third-order valence-electron chi connectivity index (χ3n) is 3.20. The highest BCUT2D eigenvalue weighted by atomic mass is 16.5. The molecule has 0 spiro atoms. The molecule has 0 aliphatic carbocycles. The molecule has 3 aromatic rings. The highest BCUT2D eigenvalue weighted by molar-refractivity contribution is 6.03. The molecular weight excluding hydrogens is 320 g/mol. The number of nitrogens with one attached hydrogen (secondary N) is 2. The van der Waals surface area contributed by atoms with E-state index in [2.05, 4.69) is 25.8 Å². The fourth-order valence-corrected chi connectivity index (χ4v) is 2.14. The Balaban J connectivity index is 1.81. The lowest BCUT2D eigenvalue weighted by Crippen LogP contribution is -2.15. The molecule has 0 fully saturated rings. The van der Waals surface area contributed by atoms with Crippen LogP contribution in [0.25, 0.3) is 0 Å². The van der Waals surface area contributed by atoms with E-state index in [1.807, 2.05) is 6.07 Å². The fraction of sp³-hybridized carbons (Fsp3) is 0.118. The average molecular weight is 334 g/mol. The first kappa shape index (κ1) is 16.1. The number of aromatic nitrogens is 3. The first-order valence-corrected chi connectivity index (χ1v) is 7.41. The zero-order valence-corrected chi connectivity index (χ0v) is 13.6. The fourth-order valence-electron chi connectivity index (χ4n) is 2.14. The largest absolute Gasteiger partial charge is 0.360 e. The third kappa shape index (κ3) is 3.97. The summed E-state index contributed by atoms with van der Waals surface area (Å²) < 4.78 is 4.97. The van der Waals surface area contributed by atoms with Crippen LogP contribution in [-0.2, 0) is 0 Å². The lowest BCUT2D eigenvalue weighted by Gasteiger charge is -2.07. The standard InChI is InChI=1S/C17H14N6O2/c1-10-6-14(16(24)20-13-5-3-4-12(8-13)9-18)21-17(19-10)22-15-7-11(2)25-23-15/h3-8H,1-2H3,(H,20,24)(H,19,21,22,23). The van der Waals surface area contributed by atoms with Crippen LogP contribution in [0.4, 0.5) is 17.5 Å². The van der Waals surface area contributed by atoms with Crippen LogP contribution in [0.1, 0.15) is 27.5 Å². The smallest absolute Gasteiger partial charge is 0.274 e. The summed E-state index contributed by atoms with van der Waals surface area (Å²) in [5.41, 5.74) is 1.79. The van der Waals surface area contributed by atoms with E-state index in [4.69, 9.17) is 9.78 Å². The van der Waals surface area contributed by atoms with E-state index in [1.165, 1.54) is 0 Å². The van der Waals surface area contributed by atoms with E-state index < -0.39 is 5.91 Å². The lowest BCUT2D eigenvalue weighted by atomic mass is 10.2. The number of hydrogen-bond donors (Lipinski definition) is 2. The Bertz CT molecular complexity index is 973. The minimum absolute atomic E-state index is 0.192. The molecule has 0 aliphatic rings. The summed E-state index contributed by atoms with van der Waals surface area (Å²) >= 11 is 0. The number of carbonyl (C=O) groups is 1. The van der Waals surface area contributed by atoms with Crippen LogP contribution in [-0.4, -0.2) is 21.0 Å². The van der Waals surface area contributed by atoms with Gasteiger partial charge in [0.1, 0.15) is 11.5 Å². The number of carbonyl (C=O) groups excluding carboxylic acids is 1. The number of rotatable bonds is 4. The Morgan fingerprint density at radius 2 is 2.04 bits per heavy atom. The van der Waals surface area contributed by atoms with Gasteiger partial charge in [0, 0.05) is 17.4 Å². The molecule has 2 heterocycles. The predicted octanol–water partition coefficient (Wildman–Crippen LogP) is 2.95. The number of aryl methyl sites for hydroxylation is 2. The quantitative estimate of drug-likeness (QED) is 0.753. The number of amides is 1. The van der Waals surface area contributed by atoms with Gasteiger partial charge < -0.3 is 15.2 Å². The average Bonchev–Trinajstić information content (AvgIpc) is 2.99. The molecule has 1 aromatic carbocycles. The van der Waals surface area contributed by atoms with Gasteiger partial charge in [0.15, 0.2) is 5.82 Å². The SMILES string of the molecule is Cc1cc(C(=O)Nc2cccc(C#N)c2)nc(Nc2cc(C)on2)n1. The molecule has 0 unspecified atom stereocenters. The van der Waals surface area contributed by atoms with Crippen LogP contribution in [0.3, 0.4) is 0 Å². The molecule has 124 valence electrons. The van der Waals surface area contributed by atoms with Crippen LogP contribution >= 0.6 is 0 Å². The van der Waals surface area contributed by atoms with Crippen LogP contribution in [0.5, 0.6) is 0 Å². The van der Waals surface area contributed by atoms with Crippen LogP contribution in [0.2, 0.25) is 0 Å². The normalized spacial score (nSPS) is 10.1. The zero-order chi connectivity index (χ0) is 17.8. The number of hydrogen-bond acceptors (Lipinski definition) is 7. The Morgan fingerprint density at radius 1 is 1.20 bits per heavy atom. The minimum atomic E-state index is -0.403. The lowest BCUT2D eigenvalue weighted by molar-refractivity contribution is 0.102. The van der Waals surface area contributed by atoms with Crippen molar-refractivity contribution < 1.29 is 9.32 Å². The molecular formula is C17H14N6O2. The molecule has 0 saturated heterocycles. The van der Waals surface area contributed by atoms with Crippen molar-refractivity contribution in [3.63, 3.8) is 0 Å². The summed E-state index contributed by atoms with van der Waals surface area (Å²) in [5.74, 6) is 0.936. The molecule has 2 aromatic heterocycles. The molecule has 0 saturated carbocycles. The molecule has 1 amide bonds. The summed E-state index contributed by atoms with van der Waals surface area (Å²) in [6, 6.07) is 11.9. The maximum Gasteiger partial charge on any atom is 0.274 e. The number of benzene rings is 1. The second kappa shape index (κ2) is 6.80. The number of nitriles is 1. The summed E-state index contributed by atoms with van der Waals surface area (Å²) in [5, 5.41) is 18.3. The summed E-state index contributed by atoms with van der Waals surface area (Å²) in [7, 11) is 0. The summed E-state index contributed by atoms with van der Waals surface area (Å²) in [4.78, 5) is 20.9. The summed E-state index contributed by atoms with van der Waals surface area (Å²) in [6.07, 6.45) is 0. The van der Waals surface area contributed by atoms with Gasteiger partial charge in [-0.1, -0.05) is 11.2 Å². The first-order valence-electron chi connectivity index (χ1n) is 7.41. The summed E-state index contributed by atoms with van der Waals surface area (Å²) in [6.45, 7) is 3.53. The van der Waals surface area contributed by atoms with Gasteiger partial charge in [-0.2, -0.15) is 5.26 Å². The van der Waals surface area contributed by atoms with E-state index in [1.54, 1.807) is 50.2 Å². The van der Waals surface area contributed by atoms with Gasteiger partial charge in [-0.25, -0.2) is 9.97 Å². The highest BCUT2D eigenvalue weighted by Gasteiger charge is 2.12. The van der Waals surface area contributed by atoms with Crippen LogP contribution in [0.15, 0.2) is 40.9 Å². The van der Waals surface area contributed by atoms with Crippen LogP contribution in [0, 0.1) is 25.2 Å². The third-order valence-corrected chi connectivity index (χ3v) is 3.20. The number of anilines is 3. The maximum absolute atomic E-state index is 12.4. The zero-order valence-electron chi connectivity index (χ0n) is 13.6. The monoisotopic (exact) mass is 334 g/mol. The van der Waals surface area contributed by atoms with Gasteiger partial charge in [0.2, 0.25) is 5.95 Å². The van der Waals surface area contributed by atoms with Gasteiger partial charge in [-0.15, -0.1) is 0 Å². The topological polar surface area (TPSA) is 117 Å². The van der Waals surface area contributed by atoms with Crippen molar-refractivity contribution in [2.24, 2.45) is 0 Å². The predicted molar refractivity (Wildman–Crippen MR) is 90.4 cm³/mol. The highest BCUT2D eigenvalue weighted by Crippen LogP contribution is 2.15. The van der Waals surface area contributed by atoms with Gasteiger partial charge >= 0.3 is 0 Å². The van der Waals surface area contributed by atoms with E-state index in [9.17, 15) is 4.79 Å². The molecule has 25 heavy (non-hydrogen) atoms. The van der Waals surface area contributed by atoms with Crippen molar-refractivity contribution in [2.75, 3.05) is 10.6 Å². The minimum Gasteiger partial charge on any atom is -0.360 e. The second-order valence-electron chi connectivity index (χ2n) is 5.31. The Hall–Kier alpha value is -3.73. The van der Waals surface area contributed by atoms with Crippen molar-refractivity contribution in [1.82, 2.24) is 15.1 Å². The van der Waals surface area contributed by atoms with E-state index >= 15 is 0 Å². The van der Waals surface area contributed by atoms with Gasteiger partial charge in [-0.3, -0.25) is 4.79 Å². The molecule has 0 atom stereocenters. The molecule has 0 aliphatic heterocycles. The maximum atomic E-state index is 12.4. The first-order chi connectivity index (χ1) is 12.0. The molecule has 0 radical (unpaired) electrons. The van der Waals surface area contributed by atoms with Crippen molar-refractivity contribution in [2.45, 2.75) is 13.8 Å². The van der Waals surface area contributed by atoms with Crippen LogP contribution < -0.4 is 10.6 Å². The number of nitrogens with zero attached hydrogens (tertiary/aromatic N) is 4. The van der Waals surface area contributed by atoms with Gasteiger partial charge in [-0.05, 0) is 38.1 Å². The molecule has 8 heteroatoms. The van der Waals surface area contributed by atoms with Crippen molar-refractivity contribution >= 4 is 23.4 Å². The Labute approximate surface area is 143 Å². The second-order valence-corrected chi connectivity index (χ2v) is 5.31. The van der Waals surface area contributed by atoms with E-state index in [0.29, 0.717) is 28.5 Å². The van der Waals surface area contributed by atoms with Crippen molar-refractivity contribution in [3.05, 3.63) is 59.1 Å². The van der Waals surface area contributed by atoms with Crippen molar-refractivity contribution in [3.8, 4) is 6.07 Å². The Morgan fingerprint density at radius 3 is 2.76 bits per heavy atom. The molecule has 0 bridgehead atoms. The molecule has 8 nitrogen and oxygen atoms in total. The van der Waals surface area contributed by atoms with Gasteiger partial charge in [0.05, 0.1) is 11.6 Å². The van der Waals surface area contributed by atoms with Crippen molar-refractivity contribution in [1.29, 1.82) is 5.26 Å². The van der Waals surface area contributed by atoms with Gasteiger partial charge in [0.25, 0.3) is 5.91 Å². The van der Waals surface area contributed by atoms with E-state index in [-0.39, 0.29) is 11.6 Å². The molecule has 2 N–H and O–H groups in total.